The topological polar surface area (TPSA) is 93.5 Å². The average Bonchev–Trinajstić information content (AvgIpc) is 2.46. The van der Waals surface area contributed by atoms with E-state index in [1.54, 1.807) is 18.2 Å². The highest BCUT2D eigenvalue weighted by molar-refractivity contribution is 6.31. The van der Waals surface area contributed by atoms with E-state index in [1.807, 2.05) is 13.8 Å². The molecule has 1 rings (SSSR count). The summed E-state index contributed by atoms with van der Waals surface area (Å²) >= 11 is 5.89. The summed E-state index contributed by atoms with van der Waals surface area (Å²) in [7, 11) is 1.51. The minimum Gasteiger partial charge on any atom is -0.495 e. The lowest BCUT2D eigenvalue weighted by atomic mass is 10.1. The van der Waals surface area contributed by atoms with Crippen LogP contribution >= 0.6 is 11.6 Å². The second-order valence-electron chi connectivity index (χ2n) is 5.20. The van der Waals surface area contributed by atoms with Gasteiger partial charge in [0.05, 0.1) is 18.8 Å². The van der Waals surface area contributed by atoms with Crippen LogP contribution in [0.5, 0.6) is 5.75 Å². The molecule has 0 aliphatic rings. The van der Waals surface area contributed by atoms with Crippen molar-refractivity contribution < 1.29 is 14.3 Å². The van der Waals surface area contributed by atoms with Crippen LogP contribution in [-0.2, 0) is 9.59 Å². The molecule has 0 heterocycles. The molecule has 22 heavy (non-hydrogen) atoms. The first-order valence-corrected chi connectivity index (χ1v) is 7.39. The summed E-state index contributed by atoms with van der Waals surface area (Å²) in [6, 6.07) is 4.37. The highest BCUT2D eigenvalue weighted by Gasteiger charge is 2.17. The van der Waals surface area contributed by atoms with Crippen LogP contribution in [0.15, 0.2) is 18.2 Å². The van der Waals surface area contributed by atoms with Gasteiger partial charge in [-0.2, -0.15) is 0 Å². The number of benzene rings is 1. The highest BCUT2D eigenvalue weighted by Crippen LogP contribution is 2.27. The molecule has 7 heteroatoms. The normalized spacial score (nSPS) is 11.9. The van der Waals surface area contributed by atoms with Crippen molar-refractivity contribution in [2.24, 2.45) is 11.7 Å². The molecule has 0 saturated heterocycles. The fourth-order valence-corrected chi connectivity index (χ4v) is 1.88. The van der Waals surface area contributed by atoms with E-state index in [4.69, 9.17) is 22.1 Å². The lowest BCUT2D eigenvalue weighted by molar-refractivity contribution is -0.123. The van der Waals surface area contributed by atoms with Crippen molar-refractivity contribution in [3.8, 4) is 5.75 Å². The Morgan fingerprint density at radius 1 is 1.36 bits per heavy atom. The quantitative estimate of drug-likeness (QED) is 0.711. The first kappa shape index (κ1) is 18.3. The van der Waals surface area contributed by atoms with Crippen LogP contribution in [0, 0.1) is 5.92 Å². The van der Waals surface area contributed by atoms with E-state index in [-0.39, 0.29) is 30.7 Å². The summed E-state index contributed by atoms with van der Waals surface area (Å²) in [5.41, 5.74) is 6.20. The van der Waals surface area contributed by atoms with E-state index in [0.29, 0.717) is 16.5 Å². The molecule has 4 N–H and O–H groups in total. The Labute approximate surface area is 135 Å². The number of hydrogen-bond acceptors (Lipinski definition) is 4. The third kappa shape index (κ3) is 5.54. The van der Waals surface area contributed by atoms with Crippen molar-refractivity contribution in [1.82, 2.24) is 5.32 Å². The van der Waals surface area contributed by atoms with Gasteiger partial charge in [0, 0.05) is 18.0 Å². The Hall–Kier alpha value is -1.79. The smallest absolute Gasteiger partial charge is 0.237 e. The number of rotatable bonds is 7. The highest BCUT2D eigenvalue weighted by atomic mass is 35.5. The molecule has 0 unspecified atom stereocenters. The first-order chi connectivity index (χ1) is 10.3. The second kappa shape index (κ2) is 8.60. The van der Waals surface area contributed by atoms with E-state index >= 15 is 0 Å². The van der Waals surface area contributed by atoms with E-state index in [1.165, 1.54) is 7.11 Å². The number of carbonyl (C=O) groups is 2. The van der Waals surface area contributed by atoms with E-state index in [2.05, 4.69) is 10.6 Å². The number of ether oxygens (including phenoxy) is 1. The molecule has 0 radical (unpaired) electrons. The Morgan fingerprint density at radius 2 is 2.05 bits per heavy atom. The molecule has 0 bridgehead atoms. The first-order valence-electron chi connectivity index (χ1n) is 7.01. The van der Waals surface area contributed by atoms with Gasteiger partial charge in [-0.3, -0.25) is 9.59 Å². The standard InChI is InChI=1S/C15H22ClN3O3/c1-9(2)14(17)15(21)18-7-6-13(20)19-11-8-10(16)4-5-12(11)22-3/h4-5,8-9,14H,6-7,17H2,1-3H3,(H,18,21)(H,19,20)/t14-/m0/s1. The van der Waals surface area contributed by atoms with Gasteiger partial charge in [-0.25, -0.2) is 0 Å². The third-order valence-corrected chi connectivity index (χ3v) is 3.34. The zero-order valence-electron chi connectivity index (χ0n) is 13.0. The van der Waals surface area contributed by atoms with Crippen LogP contribution in [0.4, 0.5) is 5.69 Å². The Kier molecular flexibility index (Phi) is 7.14. The molecule has 6 nitrogen and oxygen atoms in total. The third-order valence-electron chi connectivity index (χ3n) is 3.11. The number of carbonyl (C=O) groups excluding carboxylic acids is 2. The van der Waals surface area contributed by atoms with Gasteiger partial charge in [0.25, 0.3) is 0 Å². The van der Waals surface area contributed by atoms with Crippen molar-refractivity contribution in [2.45, 2.75) is 26.3 Å². The van der Waals surface area contributed by atoms with Gasteiger partial charge in [0.1, 0.15) is 5.75 Å². The average molecular weight is 328 g/mol. The zero-order chi connectivity index (χ0) is 16.7. The molecular weight excluding hydrogens is 306 g/mol. The van der Waals surface area contributed by atoms with Crippen molar-refractivity contribution in [3.63, 3.8) is 0 Å². The summed E-state index contributed by atoms with van der Waals surface area (Å²) in [6.45, 7) is 3.94. The zero-order valence-corrected chi connectivity index (χ0v) is 13.7. The van der Waals surface area contributed by atoms with Crippen molar-refractivity contribution in [2.75, 3.05) is 19.0 Å². The predicted molar refractivity (Wildman–Crippen MR) is 87.1 cm³/mol. The second-order valence-corrected chi connectivity index (χ2v) is 5.64. The van der Waals surface area contributed by atoms with Gasteiger partial charge in [0.15, 0.2) is 0 Å². The molecule has 0 aromatic heterocycles. The van der Waals surface area contributed by atoms with Crippen LogP contribution in [0.2, 0.25) is 5.02 Å². The lowest BCUT2D eigenvalue weighted by Gasteiger charge is -2.15. The van der Waals surface area contributed by atoms with E-state index in [0.717, 1.165) is 0 Å². The van der Waals surface area contributed by atoms with Gasteiger partial charge < -0.3 is 21.1 Å². The molecule has 122 valence electrons. The Balaban J connectivity index is 2.47. The number of halogens is 1. The number of methoxy groups -OCH3 is 1. The molecule has 0 saturated carbocycles. The molecule has 1 atom stereocenters. The summed E-state index contributed by atoms with van der Waals surface area (Å²) in [5, 5.41) is 5.83. The number of nitrogens with one attached hydrogen (secondary N) is 2. The van der Waals surface area contributed by atoms with Crippen LogP contribution in [0.1, 0.15) is 20.3 Å². The lowest BCUT2D eigenvalue weighted by Crippen LogP contribution is -2.44. The maximum atomic E-state index is 11.9. The SMILES string of the molecule is COc1ccc(Cl)cc1NC(=O)CCNC(=O)[C@@H](N)C(C)C. The minimum absolute atomic E-state index is 0.0459. The van der Waals surface area contributed by atoms with Crippen LogP contribution < -0.4 is 21.1 Å². The molecule has 1 aromatic rings. The van der Waals surface area contributed by atoms with Gasteiger partial charge in [-0.1, -0.05) is 25.4 Å². The fourth-order valence-electron chi connectivity index (χ4n) is 1.71. The van der Waals surface area contributed by atoms with Gasteiger partial charge in [-0.15, -0.1) is 0 Å². The monoisotopic (exact) mass is 327 g/mol. The predicted octanol–water partition coefficient (Wildman–Crippen LogP) is 1.78. The van der Waals surface area contributed by atoms with Crippen LogP contribution in [0.25, 0.3) is 0 Å². The van der Waals surface area contributed by atoms with Crippen LogP contribution in [0.3, 0.4) is 0 Å². The van der Waals surface area contributed by atoms with Gasteiger partial charge in [0.2, 0.25) is 11.8 Å². The molecule has 1 aromatic carbocycles. The fraction of sp³-hybridized carbons (Fsp3) is 0.467. The summed E-state index contributed by atoms with van der Waals surface area (Å²) in [4.78, 5) is 23.5. The van der Waals surface area contributed by atoms with Crippen LogP contribution in [-0.4, -0.2) is 31.5 Å². The number of amides is 2. The van der Waals surface area contributed by atoms with Gasteiger partial charge in [-0.05, 0) is 24.1 Å². The summed E-state index contributed by atoms with van der Waals surface area (Å²) in [6.07, 6.45) is 0.131. The molecule has 0 aliphatic carbocycles. The van der Waals surface area contributed by atoms with Crippen molar-refractivity contribution in [3.05, 3.63) is 23.2 Å². The van der Waals surface area contributed by atoms with Crippen molar-refractivity contribution >= 4 is 29.1 Å². The largest absolute Gasteiger partial charge is 0.495 e. The molecule has 2 amide bonds. The maximum Gasteiger partial charge on any atom is 0.237 e. The minimum atomic E-state index is -0.573. The van der Waals surface area contributed by atoms with Crippen molar-refractivity contribution in [1.29, 1.82) is 0 Å². The molecule has 0 spiro atoms. The maximum absolute atomic E-state index is 11.9. The Bertz CT molecular complexity index is 535. The van der Waals surface area contributed by atoms with E-state index in [9.17, 15) is 9.59 Å². The van der Waals surface area contributed by atoms with E-state index < -0.39 is 6.04 Å². The summed E-state index contributed by atoms with van der Waals surface area (Å²) in [5.74, 6) is 0.0512. The van der Waals surface area contributed by atoms with Gasteiger partial charge >= 0.3 is 0 Å². The molecular formula is C15H22ClN3O3. The summed E-state index contributed by atoms with van der Waals surface area (Å²) < 4.78 is 5.14. The molecule has 0 aliphatic heterocycles. The number of nitrogens with two attached hydrogens (primary N) is 1. The molecule has 0 fully saturated rings. The Morgan fingerprint density at radius 3 is 2.64 bits per heavy atom. The number of hydrogen-bond donors (Lipinski definition) is 3. The number of anilines is 1.